The molecule has 1 saturated heterocycles. The average molecular weight is 373 g/mol. The lowest BCUT2D eigenvalue weighted by molar-refractivity contribution is -0.137. The Morgan fingerprint density at radius 1 is 0.963 bits per heavy atom. The first-order valence-corrected chi connectivity index (χ1v) is 8.71. The fourth-order valence-electron chi connectivity index (χ4n) is 3.47. The van der Waals surface area contributed by atoms with Gasteiger partial charge in [0, 0.05) is 49.0 Å². The van der Waals surface area contributed by atoms with Gasteiger partial charge in [0.2, 0.25) is 0 Å². The van der Waals surface area contributed by atoms with E-state index in [0.717, 1.165) is 23.0 Å². The second-order valence-electron chi connectivity index (χ2n) is 6.58. The van der Waals surface area contributed by atoms with Crippen molar-refractivity contribution in [2.75, 3.05) is 31.1 Å². The standard InChI is InChI=1S/C20H18F3N3O/c21-20(22,23)14-4-3-5-15(12-14)25-8-10-26(11-9-25)19(27)17-13-24-18-7-2-1-6-16(17)18/h1-7,12-13,24H,8-11H2. The number of rotatable bonds is 2. The highest BCUT2D eigenvalue weighted by Gasteiger charge is 2.31. The van der Waals surface area contributed by atoms with Crippen LogP contribution in [-0.4, -0.2) is 42.0 Å². The van der Waals surface area contributed by atoms with Crippen LogP contribution in [0.1, 0.15) is 15.9 Å². The predicted octanol–water partition coefficient (Wildman–Crippen LogP) is 4.15. The van der Waals surface area contributed by atoms with Crippen LogP contribution in [0.15, 0.2) is 54.7 Å². The maximum absolute atomic E-state index is 12.9. The van der Waals surface area contributed by atoms with Crippen molar-refractivity contribution < 1.29 is 18.0 Å². The number of carbonyl (C=O) groups excluding carboxylic acids is 1. The third-order valence-electron chi connectivity index (χ3n) is 4.93. The second kappa shape index (κ2) is 6.64. The van der Waals surface area contributed by atoms with Gasteiger partial charge in [0.1, 0.15) is 0 Å². The number of piperazine rings is 1. The van der Waals surface area contributed by atoms with Gasteiger partial charge in [0.15, 0.2) is 0 Å². The number of alkyl halides is 3. The van der Waals surface area contributed by atoms with Gasteiger partial charge < -0.3 is 14.8 Å². The van der Waals surface area contributed by atoms with Gasteiger partial charge in [0.05, 0.1) is 11.1 Å². The van der Waals surface area contributed by atoms with Gasteiger partial charge in [-0.25, -0.2) is 0 Å². The SMILES string of the molecule is O=C(c1c[nH]c2ccccc12)N1CCN(c2cccc(C(F)(F)F)c2)CC1. The zero-order chi connectivity index (χ0) is 19.0. The van der Waals surface area contributed by atoms with E-state index in [1.54, 1.807) is 17.2 Å². The highest BCUT2D eigenvalue weighted by molar-refractivity contribution is 6.06. The van der Waals surface area contributed by atoms with Crippen LogP contribution in [0.5, 0.6) is 0 Å². The van der Waals surface area contributed by atoms with Gasteiger partial charge >= 0.3 is 6.18 Å². The molecule has 1 N–H and O–H groups in total. The minimum atomic E-state index is -4.36. The molecule has 3 aromatic rings. The molecule has 1 aliphatic heterocycles. The van der Waals surface area contributed by atoms with Crippen molar-refractivity contribution in [3.8, 4) is 0 Å². The molecule has 140 valence electrons. The van der Waals surface area contributed by atoms with Crippen LogP contribution in [-0.2, 0) is 6.18 Å². The minimum absolute atomic E-state index is 0.0591. The number of benzene rings is 2. The van der Waals surface area contributed by atoms with Crippen LogP contribution >= 0.6 is 0 Å². The minimum Gasteiger partial charge on any atom is -0.368 e. The number of carbonyl (C=O) groups is 1. The van der Waals surface area contributed by atoms with Gasteiger partial charge in [0.25, 0.3) is 5.91 Å². The summed E-state index contributed by atoms with van der Waals surface area (Å²) >= 11 is 0. The van der Waals surface area contributed by atoms with Crippen LogP contribution in [0.4, 0.5) is 18.9 Å². The molecule has 1 fully saturated rings. The van der Waals surface area contributed by atoms with Gasteiger partial charge in [-0.15, -0.1) is 0 Å². The normalized spacial score (nSPS) is 15.4. The number of hydrogen-bond acceptors (Lipinski definition) is 2. The molecule has 1 aromatic heterocycles. The molecule has 0 unspecified atom stereocenters. The zero-order valence-electron chi connectivity index (χ0n) is 14.5. The van der Waals surface area contributed by atoms with E-state index in [1.165, 1.54) is 6.07 Å². The number of aromatic amines is 1. The number of hydrogen-bond donors (Lipinski definition) is 1. The summed E-state index contributed by atoms with van der Waals surface area (Å²) in [4.78, 5) is 19.6. The lowest BCUT2D eigenvalue weighted by atomic mass is 10.1. The quantitative estimate of drug-likeness (QED) is 0.733. The maximum Gasteiger partial charge on any atom is 0.416 e. The Balaban J connectivity index is 1.47. The molecule has 4 rings (SSSR count). The Bertz CT molecular complexity index is 972. The van der Waals surface area contributed by atoms with Gasteiger partial charge in [-0.2, -0.15) is 13.2 Å². The number of fused-ring (bicyclic) bond motifs is 1. The van der Waals surface area contributed by atoms with E-state index in [1.807, 2.05) is 29.2 Å². The first kappa shape index (κ1) is 17.5. The smallest absolute Gasteiger partial charge is 0.368 e. The molecule has 27 heavy (non-hydrogen) atoms. The van der Waals surface area contributed by atoms with Crippen molar-refractivity contribution in [1.29, 1.82) is 0 Å². The molecule has 1 amide bonds. The number of H-pyrrole nitrogens is 1. The van der Waals surface area contributed by atoms with Crippen LogP contribution < -0.4 is 4.90 Å². The lowest BCUT2D eigenvalue weighted by Crippen LogP contribution is -2.48. The molecule has 2 aromatic carbocycles. The molecule has 0 radical (unpaired) electrons. The van der Waals surface area contributed by atoms with Crippen molar-refractivity contribution in [2.24, 2.45) is 0 Å². The molecular formula is C20H18F3N3O. The number of halogens is 3. The third-order valence-corrected chi connectivity index (χ3v) is 4.93. The Kier molecular flexibility index (Phi) is 4.30. The summed E-state index contributed by atoms with van der Waals surface area (Å²) in [5.74, 6) is -0.0591. The number of amides is 1. The van der Waals surface area contributed by atoms with E-state index in [-0.39, 0.29) is 5.91 Å². The highest BCUT2D eigenvalue weighted by atomic mass is 19.4. The van der Waals surface area contributed by atoms with E-state index in [9.17, 15) is 18.0 Å². The zero-order valence-corrected chi connectivity index (χ0v) is 14.5. The van der Waals surface area contributed by atoms with E-state index in [4.69, 9.17) is 0 Å². The molecule has 0 atom stereocenters. The highest BCUT2D eigenvalue weighted by Crippen LogP contribution is 2.32. The molecular weight excluding hydrogens is 355 g/mol. The fraction of sp³-hybridized carbons (Fsp3) is 0.250. The molecule has 0 aliphatic carbocycles. The van der Waals surface area contributed by atoms with Gasteiger partial charge in [-0.1, -0.05) is 24.3 Å². The van der Waals surface area contributed by atoms with Gasteiger partial charge in [-0.3, -0.25) is 4.79 Å². The van der Waals surface area contributed by atoms with Crippen molar-refractivity contribution >= 4 is 22.5 Å². The summed E-state index contributed by atoms with van der Waals surface area (Å²) in [6.45, 7) is 1.92. The van der Waals surface area contributed by atoms with E-state index in [2.05, 4.69) is 4.98 Å². The van der Waals surface area contributed by atoms with E-state index in [0.29, 0.717) is 37.4 Å². The Morgan fingerprint density at radius 3 is 2.44 bits per heavy atom. The number of aromatic nitrogens is 1. The molecule has 0 saturated carbocycles. The van der Waals surface area contributed by atoms with Crippen molar-refractivity contribution in [3.05, 3.63) is 65.9 Å². The Morgan fingerprint density at radius 2 is 1.70 bits per heavy atom. The summed E-state index contributed by atoms with van der Waals surface area (Å²) < 4.78 is 38.7. The largest absolute Gasteiger partial charge is 0.416 e. The third kappa shape index (κ3) is 3.37. The molecule has 4 nitrogen and oxygen atoms in total. The summed E-state index contributed by atoms with van der Waals surface area (Å²) in [7, 11) is 0. The monoisotopic (exact) mass is 373 g/mol. The average Bonchev–Trinajstić information content (AvgIpc) is 3.11. The van der Waals surface area contributed by atoms with Crippen molar-refractivity contribution in [1.82, 2.24) is 9.88 Å². The summed E-state index contributed by atoms with van der Waals surface area (Å²) in [6.07, 6.45) is -2.64. The Labute approximate surface area is 154 Å². The number of nitrogens with zero attached hydrogens (tertiary/aromatic N) is 2. The Hall–Kier alpha value is -2.96. The lowest BCUT2D eigenvalue weighted by Gasteiger charge is -2.36. The van der Waals surface area contributed by atoms with Crippen LogP contribution in [0, 0.1) is 0 Å². The fourth-order valence-corrected chi connectivity index (χ4v) is 3.47. The first-order chi connectivity index (χ1) is 12.9. The number of para-hydroxylation sites is 1. The molecule has 0 spiro atoms. The topological polar surface area (TPSA) is 39.3 Å². The number of nitrogens with one attached hydrogen (secondary N) is 1. The molecule has 1 aliphatic rings. The van der Waals surface area contributed by atoms with Crippen LogP contribution in [0.25, 0.3) is 10.9 Å². The summed E-state index contributed by atoms with van der Waals surface area (Å²) in [6, 6.07) is 12.9. The second-order valence-corrected chi connectivity index (χ2v) is 6.58. The van der Waals surface area contributed by atoms with Crippen LogP contribution in [0.3, 0.4) is 0 Å². The molecule has 2 heterocycles. The van der Waals surface area contributed by atoms with E-state index >= 15 is 0 Å². The van der Waals surface area contributed by atoms with Crippen molar-refractivity contribution in [3.63, 3.8) is 0 Å². The maximum atomic E-state index is 12.9. The van der Waals surface area contributed by atoms with Gasteiger partial charge in [-0.05, 0) is 24.3 Å². The first-order valence-electron chi connectivity index (χ1n) is 8.71. The van der Waals surface area contributed by atoms with E-state index < -0.39 is 11.7 Å². The van der Waals surface area contributed by atoms with Crippen molar-refractivity contribution in [2.45, 2.75) is 6.18 Å². The summed E-state index contributed by atoms with van der Waals surface area (Å²) in [5, 5.41) is 0.878. The molecule has 7 heteroatoms. The van der Waals surface area contributed by atoms with Crippen LogP contribution in [0.2, 0.25) is 0 Å². The summed E-state index contributed by atoms with van der Waals surface area (Å²) in [5.41, 5.74) is 1.41. The molecule has 0 bridgehead atoms. The number of anilines is 1. The predicted molar refractivity (Wildman–Crippen MR) is 97.9 cm³/mol.